The van der Waals surface area contributed by atoms with Crippen LogP contribution in [0, 0.1) is 0 Å². The summed E-state index contributed by atoms with van der Waals surface area (Å²) in [6.45, 7) is 4.39. The van der Waals surface area contributed by atoms with Crippen LogP contribution in [0.15, 0.2) is 60.7 Å². The summed E-state index contributed by atoms with van der Waals surface area (Å²) in [4.78, 5) is 12.3. The number of hydrogen-bond donors (Lipinski definition) is 1. The second-order valence-corrected chi connectivity index (χ2v) is 5.02. The first-order valence-electron chi connectivity index (χ1n) is 7.04. The molecule has 0 spiro atoms. The lowest BCUT2D eigenvalue weighted by Gasteiger charge is -2.32. The summed E-state index contributed by atoms with van der Waals surface area (Å²) >= 11 is 0. The van der Waals surface area contributed by atoms with Gasteiger partial charge < -0.3 is 0 Å². The van der Waals surface area contributed by atoms with Crippen LogP contribution in [0.1, 0.15) is 31.4 Å². The van der Waals surface area contributed by atoms with E-state index in [9.17, 15) is 4.79 Å². The van der Waals surface area contributed by atoms with Gasteiger partial charge in [0.2, 0.25) is 0 Å². The summed E-state index contributed by atoms with van der Waals surface area (Å²) in [5, 5.41) is 3.47. The van der Waals surface area contributed by atoms with Gasteiger partial charge in [-0.3, -0.25) is 10.1 Å². The van der Waals surface area contributed by atoms with Crippen molar-refractivity contribution in [2.45, 2.75) is 32.4 Å². The molecule has 2 aromatic rings. The second-order valence-electron chi connectivity index (χ2n) is 5.02. The van der Waals surface area contributed by atoms with Crippen LogP contribution in [-0.4, -0.2) is 5.78 Å². The predicted molar refractivity (Wildman–Crippen MR) is 82.4 cm³/mol. The van der Waals surface area contributed by atoms with Crippen LogP contribution in [0.2, 0.25) is 0 Å². The van der Waals surface area contributed by atoms with E-state index in [1.54, 1.807) is 6.92 Å². The largest absolute Gasteiger partial charge is 0.298 e. The summed E-state index contributed by atoms with van der Waals surface area (Å²) in [5.41, 5.74) is 1.62. The zero-order valence-electron chi connectivity index (χ0n) is 12.1. The van der Waals surface area contributed by atoms with Crippen molar-refractivity contribution >= 4 is 5.78 Å². The SMILES string of the molecule is CC[C@@](NCc1ccccc1)(C(C)=O)c1ccccc1. The van der Waals surface area contributed by atoms with E-state index < -0.39 is 5.54 Å². The third-order valence-corrected chi connectivity index (χ3v) is 3.84. The second kappa shape index (κ2) is 6.49. The Hall–Kier alpha value is -1.93. The summed E-state index contributed by atoms with van der Waals surface area (Å²) in [6, 6.07) is 20.1. The molecule has 1 N–H and O–H groups in total. The minimum absolute atomic E-state index is 0.155. The van der Waals surface area contributed by atoms with Gasteiger partial charge in [0.1, 0.15) is 5.54 Å². The molecule has 2 heteroatoms. The van der Waals surface area contributed by atoms with Crippen molar-refractivity contribution < 1.29 is 4.79 Å². The number of carbonyl (C=O) groups excluding carboxylic acids is 1. The summed E-state index contributed by atoms with van der Waals surface area (Å²) < 4.78 is 0. The number of carbonyl (C=O) groups is 1. The Morgan fingerprint density at radius 2 is 1.55 bits per heavy atom. The molecule has 0 aliphatic heterocycles. The van der Waals surface area contributed by atoms with Gasteiger partial charge in [-0.2, -0.15) is 0 Å². The number of benzene rings is 2. The quantitative estimate of drug-likeness (QED) is 0.865. The molecule has 0 radical (unpaired) electrons. The van der Waals surface area contributed by atoms with E-state index in [0.717, 1.165) is 12.0 Å². The van der Waals surface area contributed by atoms with E-state index >= 15 is 0 Å². The van der Waals surface area contributed by atoms with Crippen molar-refractivity contribution in [1.29, 1.82) is 0 Å². The maximum Gasteiger partial charge on any atom is 0.154 e. The molecule has 0 bridgehead atoms. The van der Waals surface area contributed by atoms with Crippen molar-refractivity contribution in [3.63, 3.8) is 0 Å². The molecule has 0 aliphatic carbocycles. The lowest BCUT2D eigenvalue weighted by molar-refractivity contribution is -0.124. The van der Waals surface area contributed by atoms with Gasteiger partial charge in [-0.1, -0.05) is 67.6 Å². The molecular weight excluding hydrogens is 246 g/mol. The van der Waals surface area contributed by atoms with E-state index in [4.69, 9.17) is 0 Å². The molecule has 0 heterocycles. The summed E-state index contributed by atoms with van der Waals surface area (Å²) in [5.74, 6) is 0.155. The van der Waals surface area contributed by atoms with Gasteiger partial charge >= 0.3 is 0 Å². The van der Waals surface area contributed by atoms with Crippen molar-refractivity contribution in [1.82, 2.24) is 5.32 Å². The Bertz CT molecular complexity index is 550. The predicted octanol–water partition coefficient (Wildman–Crippen LogP) is 3.67. The highest BCUT2D eigenvalue weighted by Crippen LogP contribution is 2.26. The number of hydrogen-bond acceptors (Lipinski definition) is 2. The Kier molecular flexibility index (Phi) is 4.70. The maximum atomic E-state index is 12.3. The highest BCUT2D eigenvalue weighted by molar-refractivity contribution is 5.87. The first kappa shape index (κ1) is 14.5. The number of nitrogens with one attached hydrogen (secondary N) is 1. The van der Waals surface area contributed by atoms with E-state index in [1.807, 2.05) is 55.5 Å². The lowest BCUT2D eigenvalue weighted by atomic mass is 9.83. The zero-order valence-corrected chi connectivity index (χ0v) is 12.1. The minimum Gasteiger partial charge on any atom is -0.298 e. The average Bonchev–Trinajstić information content (AvgIpc) is 2.50. The molecule has 0 aromatic heterocycles. The molecule has 0 saturated carbocycles. The van der Waals surface area contributed by atoms with Gasteiger partial charge in [0.25, 0.3) is 0 Å². The standard InChI is InChI=1S/C18H21NO/c1-3-18(15(2)20,17-12-8-5-9-13-17)19-14-16-10-6-4-7-11-16/h4-13,19H,3,14H2,1-2H3/t18-/m1/s1. The van der Waals surface area contributed by atoms with Crippen molar-refractivity contribution in [3.05, 3.63) is 71.8 Å². The topological polar surface area (TPSA) is 29.1 Å². The molecule has 2 nitrogen and oxygen atoms in total. The average molecular weight is 267 g/mol. The van der Waals surface area contributed by atoms with Gasteiger partial charge in [0.15, 0.2) is 5.78 Å². The number of Topliss-reactive ketones (excluding diaryl/α,β-unsaturated/α-hetero) is 1. The third kappa shape index (κ3) is 2.97. The normalized spacial score (nSPS) is 13.7. The Labute approximate surface area is 120 Å². The van der Waals surface area contributed by atoms with E-state index in [1.165, 1.54) is 5.56 Å². The van der Waals surface area contributed by atoms with E-state index in [0.29, 0.717) is 6.54 Å². The Morgan fingerprint density at radius 1 is 1.00 bits per heavy atom. The van der Waals surface area contributed by atoms with Crippen LogP contribution in [-0.2, 0) is 16.9 Å². The molecule has 0 amide bonds. The zero-order chi connectivity index (χ0) is 14.4. The molecule has 0 unspecified atom stereocenters. The number of ketones is 1. The highest BCUT2D eigenvalue weighted by atomic mass is 16.1. The molecule has 1 atom stereocenters. The van der Waals surface area contributed by atoms with Gasteiger partial charge in [-0.15, -0.1) is 0 Å². The summed E-state index contributed by atoms with van der Waals surface area (Å²) in [7, 11) is 0. The van der Waals surface area contributed by atoms with Gasteiger partial charge in [-0.25, -0.2) is 0 Å². The van der Waals surface area contributed by atoms with Crippen LogP contribution in [0.5, 0.6) is 0 Å². The van der Waals surface area contributed by atoms with Crippen LogP contribution in [0.3, 0.4) is 0 Å². The van der Waals surface area contributed by atoms with Crippen LogP contribution in [0.25, 0.3) is 0 Å². The minimum atomic E-state index is -0.600. The highest BCUT2D eigenvalue weighted by Gasteiger charge is 2.34. The smallest absolute Gasteiger partial charge is 0.154 e. The fourth-order valence-electron chi connectivity index (χ4n) is 2.58. The molecule has 20 heavy (non-hydrogen) atoms. The third-order valence-electron chi connectivity index (χ3n) is 3.84. The van der Waals surface area contributed by atoms with Gasteiger partial charge in [0.05, 0.1) is 0 Å². The monoisotopic (exact) mass is 267 g/mol. The maximum absolute atomic E-state index is 12.3. The molecule has 2 rings (SSSR count). The Balaban J connectivity index is 2.26. The first-order valence-corrected chi connectivity index (χ1v) is 7.04. The fraction of sp³-hybridized carbons (Fsp3) is 0.278. The molecular formula is C18H21NO. The van der Waals surface area contributed by atoms with Crippen LogP contribution < -0.4 is 5.32 Å². The molecule has 104 valence electrons. The van der Waals surface area contributed by atoms with E-state index in [-0.39, 0.29) is 5.78 Å². The van der Waals surface area contributed by atoms with Crippen molar-refractivity contribution in [2.24, 2.45) is 0 Å². The Morgan fingerprint density at radius 3 is 2.05 bits per heavy atom. The van der Waals surface area contributed by atoms with Gasteiger partial charge in [-0.05, 0) is 24.5 Å². The lowest BCUT2D eigenvalue weighted by Crippen LogP contribution is -2.47. The van der Waals surface area contributed by atoms with Crippen molar-refractivity contribution in [3.8, 4) is 0 Å². The summed E-state index contributed by atoms with van der Waals surface area (Å²) in [6.07, 6.45) is 0.735. The molecule has 0 fully saturated rings. The molecule has 2 aromatic carbocycles. The number of rotatable bonds is 6. The van der Waals surface area contributed by atoms with E-state index in [2.05, 4.69) is 17.4 Å². The van der Waals surface area contributed by atoms with Gasteiger partial charge in [0, 0.05) is 6.54 Å². The van der Waals surface area contributed by atoms with Crippen LogP contribution in [0.4, 0.5) is 0 Å². The fourth-order valence-corrected chi connectivity index (χ4v) is 2.58. The molecule has 0 aliphatic rings. The van der Waals surface area contributed by atoms with Crippen LogP contribution >= 0.6 is 0 Å². The first-order chi connectivity index (χ1) is 9.69. The van der Waals surface area contributed by atoms with Crippen molar-refractivity contribution in [2.75, 3.05) is 0 Å². The molecule has 0 saturated heterocycles.